The molecule has 0 spiro atoms. The molecule has 3 N–H and O–H groups in total. The minimum atomic E-state index is 0.156. The summed E-state index contributed by atoms with van der Waals surface area (Å²) in [5, 5.41) is 8.01. The lowest BCUT2D eigenvalue weighted by Gasteiger charge is -2.50. The molecular weight excluding hydrogens is 438 g/mol. The maximum atomic E-state index is 6.18. The van der Waals surface area contributed by atoms with Crippen LogP contribution in [0.1, 0.15) is 55.3 Å². The van der Waals surface area contributed by atoms with Crippen LogP contribution in [0.3, 0.4) is 0 Å². The standard InChI is InChI=1S/C26H36ClN3OS/c1-2-28-14-4-18-32-30-16-17-31-23-10-5-20-11-15-29-25(24(20)19-23)26(12-3-13-26)21-6-8-22(27)9-7-21/h5-10,19,25,28-30H,2-4,11-18H2,1H3. The van der Waals surface area contributed by atoms with E-state index in [4.69, 9.17) is 16.3 Å². The van der Waals surface area contributed by atoms with E-state index in [9.17, 15) is 0 Å². The van der Waals surface area contributed by atoms with Crippen LogP contribution in [-0.4, -0.2) is 38.5 Å². The van der Waals surface area contributed by atoms with Crippen LogP contribution in [0, 0.1) is 0 Å². The van der Waals surface area contributed by atoms with Gasteiger partial charge in [0.15, 0.2) is 0 Å². The van der Waals surface area contributed by atoms with Gasteiger partial charge in [-0.2, -0.15) is 0 Å². The smallest absolute Gasteiger partial charge is 0.119 e. The molecule has 0 saturated heterocycles. The molecule has 32 heavy (non-hydrogen) atoms. The van der Waals surface area contributed by atoms with Gasteiger partial charge in [0.25, 0.3) is 0 Å². The van der Waals surface area contributed by atoms with E-state index in [2.05, 4.69) is 52.6 Å². The zero-order valence-electron chi connectivity index (χ0n) is 19.1. The third kappa shape index (κ3) is 5.63. The first-order chi connectivity index (χ1) is 15.7. The number of hydrogen-bond donors (Lipinski definition) is 3. The lowest BCUT2D eigenvalue weighted by atomic mass is 9.58. The van der Waals surface area contributed by atoms with Crippen molar-refractivity contribution < 1.29 is 4.74 Å². The highest BCUT2D eigenvalue weighted by atomic mass is 35.5. The third-order valence-corrected chi connectivity index (χ3v) is 7.97. The van der Waals surface area contributed by atoms with Crippen LogP contribution in [0.4, 0.5) is 0 Å². The van der Waals surface area contributed by atoms with Crippen molar-refractivity contribution in [1.82, 2.24) is 15.4 Å². The Labute approximate surface area is 202 Å². The van der Waals surface area contributed by atoms with Crippen LogP contribution in [0.25, 0.3) is 0 Å². The molecule has 1 fully saturated rings. The largest absolute Gasteiger partial charge is 0.492 e. The van der Waals surface area contributed by atoms with Crippen molar-refractivity contribution in [2.45, 2.75) is 50.5 Å². The Balaban J connectivity index is 1.37. The molecule has 4 nitrogen and oxygen atoms in total. The van der Waals surface area contributed by atoms with E-state index in [0.29, 0.717) is 12.6 Å². The first-order valence-corrected chi connectivity index (χ1v) is 13.4. The zero-order valence-corrected chi connectivity index (χ0v) is 20.7. The van der Waals surface area contributed by atoms with Crippen molar-refractivity contribution in [2.24, 2.45) is 0 Å². The molecule has 6 heteroatoms. The van der Waals surface area contributed by atoms with Gasteiger partial charge >= 0.3 is 0 Å². The Kier molecular flexibility index (Phi) is 8.78. The Morgan fingerprint density at radius 1 is 1.16 bits per heavy atom. The van der Waals surface area contributed by atoms with Gasteiger partial charge in [0.05, 0.1) is 0 Å². The van der Waals surface area contributed by atoms with E-state index >= 15 is 0 Å². The maximum Gasteiger partial charge on any atom is 0.119 e. The van der Waals surface area contributed by atoms with Gasteiger partial charge in [0.2, 0.25) is 0 Å². The van der Waals surface area contributed by atoms with E-state index in [1.165, 1.54) is 42.4 Å². The Morgan fingerprint density at radius 2 is 2.00 bits per heavy atom. The molecule has 1 saturated carbocycles. The monoisotopic (exact) mass is 473 g/mol. The predicted molar refractivity (Wildman–Crippen MR) is 137 cm³/mol. The Bertz CT molecular complexity index is 857. The Morgan fingerprint density at radius 3 is 2.75 bits per heavy atom. The van der Waals surface area contributed by atoms with Crippen LogP contribution in [0.2, 0.25) is 5.02 Å². The Hall–Kier alpha value is -1.24. The van der Waals surface area contributed by atoms with Gasteiger partial charge in [-0.15, -0.1) is 0 Å². The number of ether oxygens (including phenoxy) is 1. The first kappa shape index (κ1) is 23.9. The van der Waals surface area contributed by atoms with E-state index in [1.54, 1.807) is 11.9 Å². The molecule has 4 rings (SSSR count). The second-order valence-electron chi connectivity index (χ2n) is 8.81. The highest BCUT2D eigenvalue weighted by Crippen LogP contribution is 2.53. The summed E-state index contributed by atoms with van der Waals surface area (Å²) in [4.78, 5) is 0. The molecule has 0 amide bonds. The summed E-state index contributed by atoms with van der Waals surface area (Å²) in [5.41, 5.74) is 4.42. The lowest BCUT2D eigenvalue weighted by Crippen LogP contribution is -2.49. The van der Waals surface area contributed by atoms with Crippen LogP contribution in [-0.2, 0) is 11.8 Å². The van der Waals surface area contributed by atoms with Gasteiger partial charge in [0, 0.05) is 28.8 Å². The summed E-state index contributed by atoms with van der Waals surface area (Å²) in [5.74, 6) is 2.09. The molecule has 0 radical (unpaired) electrons. The van der Waals surface area contributed by atoms with Crippen molar-refractivity contribution in [2.75, 3.05) is 38.5 Å². The average molecular weight is 474 g/mol. The van der Waals surface area contributed by atoms with Crippen molar-refractivity contribution in [3.8, 4) is 5.75 Å². The number of nitrogens with one attached hydrogen (secondary N) is 3. The number of fused-ring (bicyclic) bond motifs is 1. The number of hydrogen-bond acceptors (Lipinski definition) is 5. The molecule has 1 unspecified atom stereocenters. The molecule has 1 aliphatic heterocycles. The molecule has 1 atom stereocenters. The SMILES string of the molecule is CCNCCCSNCCOc1ccc2c(c1)C(C1(c3ccc(Cl)cc3)CCC1)NCC2. The fraction of sp³-hybridized carbons (Fsp3) is 0.538. The number of rotatable bonds is 12. The highest BCUT2D eigenvalue weighted by molar-refractivity contribution is 7.97. The zero-order chi connectivity index (χ0) is 22.2. The van der Waals surface area contributed by atoms with E-state index in [1.807, 2.05) is 12.1 Å². The average Bonchev–Trinajstić information content (AvgIpc) is 2.78. The summed E-state index contributed by atoms with van der Waals surface area (Å²) in [6.45, 7) is 6.83. The van der Waals surface area contributed by atoms with Gasteiger partial charge in [-0.05, 0) is 86.3 Å². The predicted octanol–water partition coefficient (Wildman–Crippen LogP) is 5.26. The van der Waals surface area contributed by atoms with E-state index < -0.39 is 0 Å². The van der Waals surface area contributed by atoms with Gasteiger partial charge in [-0.3, -0.25) is 4.72 Å². The van der Waals surface area contributed by atoms with Crippen molar-refractivity contribution >= 4 is 23.5 Å². The molecule has 2 aromatic carbocycles. The van der Waals surface area contributed by atoms with Crippen molar-refractivity contribution in [3.05, 3.63) is 64.2 Å². The normalized spacial score (nSPS) is 19.2. The fourth-order valence-electron chi connectivity index (χ4n) is 5.00. The fourth-order valence-corrected chi connectivity index (χ4v) is 5.78. The molecular formula is C26H36ClN3OS. The van der Waals surface area contributed by atoms with Crippen LogP contribution in [0.15, 0.2) is 42.5 Å². The van der Waals surface area contributed by atoms with E-state index in [0.717, 1.165) is 49.1 Å². The maximum absolute atomic E-state index is 6.18. The summed E-state index contributed by atoms with van der Waals surface area (Å²) in [7, 11) is 0. The molecule has 2 aliphatic rings. The third-order valence-electron chi connectivity index (χ3n) is 6.81. The molecule has 1 heterocycles. The lowest BCUT2D eigenvalue weighted by molar-refractivity contribution is 0.164. The summed E-state index contributed by atoms with van der Waals surface area (Å²) in [6, 6.07) is 15.5. The van der Waals surface area contributed by atoms with Crippen LogP contribution < -0.4 is 20.1 Å². The molecule has 174 valence electrons. The minimum Gasteiger partial charge on any atom is -0.492 e. The highest BCUT2D eigenvalue weighted by Gasteiger charge is 2.47. The topological polar surface area (TPSA) is 45.3 Å². The number of benzene rings is 2. The second kappa shape index (κ2) is 11.8. The van der Waals surface area contributed by atoms with Gasteiger partial charge in [0.1, 0.15) is 12.4 Å². The molecule has 0 bridgehead atoms. The summed E-state index contributed by atoms with van der Waals surface area (Å²) in [6.07, 6.45) is 5.97. The van der Waals surface area contributed by atoms with Crippen LogP contribution >= 0.6 is 23.5 Å². The first-order valence-electron chi connectivity index (χ1n) is 12.0. The van der Waals surface area contributed by atoms with Gasteiger partial charge in [-0.25, -0.2) is 0 Å². The molecule has 1 aliphatic carbocycles. The summed E-state index contributed by atoms with van der Waals surface area (Å²) >= 11 is 7.96. The van der Waals surface area contributed by atoms with Crippen LogP contribution in [0.5, 0.6) is 5.75 Å². The van der Waals surface area contributed by atoms with Gasteiger partial charge < -0.3 is 15.4 Å². The summed E-state index contributed by atoms with van der Waals surface area (Å²) < 4.78 is 9.53. The quantitative estimate of drug-likeness (QED) is 0.289. The van der Waals surface area contributed by atoms with E-state index in [-0.39, 0.29) is 5.41 Å². The minimum absolute atomic E-state index is 0.156. The van der Waals surface area contributed by atoms with Gasteiger partial charge in [-0.1, -0.05) is 55.1 Å². The molecule has 2 aromatic rings. The van der Waals surface area contributed by atoms with Crippen molar-refractivity contribution in [1.29, 1.82) is 0 Å². The number of halogens is 1. The second-order valence-corrected chi connectivity index (χ2v) is 10.2. The van der Waals surface area contributed by atoms with Crippen molar-refractivity contribution in [3.63, 3.8) is 0 Å². The molecule has 0 aromatic heterocycles.